The number of hydrogen-bond donors (Lipinski definition) is 1. The van der Waals surface area contributed by atoms with Crippen molar-refractivity contribution >= 4 is 27.0 Å². The minimum absolute atomic E-state index is 0.214. The van der Waals surface area contributed by atoms with Gasteiger partial charge in [0.25, 0.3) is 0 Å². The van der Waals surface area contributed by atoms with E-state index in [1.54, 1.807) is 6.07 Å². The zero-order valence-corrected chi connectivity index (χ0v) is 8.64. The maximum atomic E-state index is 11.5. The van der Waals surface area contributed by atoms with E-state index in [-0.39, 0.29) is 11.5 Å². The van der Waals surface area contributed by atoms with Gasteiger partial charge in [-0.05, 0) is 23.8 Å². The van der Waals surface area contributed by atoms with Crippen LogP contribution in [0.15, 0.2) is 28.5 Å². The fraction of sp³-hybridized carbons (Fsp3) is 0.111. The second kappa shape index (κ2) is 3.08. The van der Waals surface area contributed by atoms with Crippen molar-refractivity contribution in [3.8, 4) is 0 Å². The molecule has 0 unspecified atom stereocenters. The van der Waals surface area contributed by atoms with E-state index in [1.807, 2.05) is 0 Å². The van der Waals surface area contributed by atoms with Gasteiger partial charge in [0.05, 0.1) is 11.5 Å². The monoisotopic (exact) mass is 230 g/mol. The lowest BCUT2D eigenvalue weighted by atomic mass is 10.1. The van der Waals surface area contributed by atoms with Gasteiger partial charge in [-0.3, -0.25) is 0 Å². The number of halogens is 1. The number of sulfone groups is 1. The Morgan fingerprint density at radius 3 is 2.71 bits per heavy atom. The summed E-state index contributed by atoms with van der Waals surface area (Å²) in [5, 5.41) is 10.5. The first-order valence-electron chi connectivity index (χ1n) is 3.91. The first kappa shape index (κ1) is 9.71. The van der Waals surface area contributed by atoms with E-state index in [4.69, 9.17) is 16.7 Å². The molecule has 74 valence electrons. The average Bonchev–Trinajstić information content (AvgIpc) is 2.37. The fourth-order valence-electron chi connectivity index (χ4n) is 1.44. The minimum Gasteiger partial charge on any atom is -0.392 e. The summed E-state index contributed by atoms with van der Waals surface area (Å²) in [7, 11) is -3.36. The Balaban J connectivity index is 2.75. The van der Waals surface area contributed by atoms with Crippen molar-refractivity contribution in [1.29, 1.82) is 0 Å². The number of rotatable bonds is 1. The van der Waals surface area contributed by atoms with E-state index in [0.717, 1.165) is 5.41 Å². The highest BCUT2D eigenvalue weighted by atomic mass is 35.5. The third kappa shape index (κ3) is 1.35. The van der Waals surface area contributed by atoms with Crippen molar-refractivity contribution in [3.05, 3.63) is 34.2 Å². The van der Waals surface area contributed by atoms with Crippen LogP contribution >= 0.6 is 11.6 Å². The van der Waals surface area contributed by atoms with Crippen LogP contribution in [0.1, 0.15) is 5.56 Å². The molecule has 14 heavy (non-hydrogen) atoms. The van der Waals surface area contributed by atoms with Crippen molar-refractivity contribution in [2.75, 3.05) is 6.61 Å². The summed E-state index contributed by atoms with van der Waals surface area (Å²) in [5.41, 5.74) is 0.891. The molecule has 0 aliphatic carbocycles. The van der Waals surface area contributed by atoms with Crippen LogP contribution in [-0.2, 0) is 9.84 Å². The number of fused-ring (bicyclic) bond motifs is 1. The van der Waals surface area contributed by atoms with Gasteiger partial charge in [0.15, 0.2) is 0 Å². The smallest absolute Gasteiger partial charge is 0.200 e. The topological polar surface area (TPSA) is 54.4 Å². The van der Waals surface area contributed by atoms with Crippen LogP contribution < -0.4 is 0 Å². The van der Waals surface area contributed by atoms with Gasteiger partial charge in [-0.25, -0.2) is 8.42 Å². The van der Waals surface area contributed by atoms with Crippen LogP contribution in [0.3, 0.4) is 0 Å². The van der Waals surface area contributed by atoms with Crippen molar-refractivity contribution < 1.29 is 13.5 Å². The first-order chi connectivity index (χ1) is 6.54. The van der Waals surface area contributed by atoms with E-state index in [1.165, 1.54) is 12.1 Å². The predicted molar refractivity (Wildman–Crippen MR) is 53.7 cm³/mol. The van der Waals surface area contributed by atoms with E-state index in [2.05, 4.69) is 0 Å². The molecule has 0 spiro atoms. The number of aliphatic hydroxyl groups is 1. The van der Waals surface area contributed by atoms with Crippen molar-refractivity contribution in [1.82, 2.24) is 0 Å². The maximum absolute atomic E-state index is 11.5. The second-order valence-corrected chi connectivity index (χ2v) is 5.19. The summed E-state index contributed by atoms with van der Waals surface area (Å²) in [6.45, 7) is -0.299. The summed E-state index contributed by atoms with van der Waals surface area (Å²) >= 11 is 5.74. The average molecular weight is 231 g/mol. The molecule has 0 fully saturated rings. The van der Waals surface area contributed by atoms with Gasteiger partial charge >= 0.3 is 0 Å². The summed E-state index contributed by atoms with van der Waals surface area (Å²) in [6.07, 6.45) is 0. The van der Waals surface area contributed by atoms with Gasteiger partial charge < -0.3 is 5.11 Å². The number of hydrogen-bond acceptors (Lipinski definition) is 3. The molecule has 1 aromatic rings. The highest BCUT2D eigenvalue weighted by molar-refractivity contribution is 7.95. The van der Waals surface area contributed by atoms with E-state index in [0.29, 0.717) is 16.2 Å². The highest BCUT2D eigenvalue weighted by Gasteiger charge is 2.26. The number of benzene rings is 1. The Morgan fingerprint density at radius 1 is 1.36 bits per heavy atom. The van der Waals surface area contributed by atoms with E-state index in [9.17, 15) is 8.42 Å². The normalized spacial score (nSPS) is 17.7. The molecule has 1 aliphatic heterocycles. The molecule has 0 bridgehead atoms. The molecule has 0 radical (unpaired) electrons. The summed E-state index contributed by atoms with van der Waals surface area (Å²) in [6, 6.07) is 4.52. The first-order valence-corrected chi connectivity index (χ1v) is 5.83. The molecule has 0 saturated heterocycles. The standard InChI is InChI=1S/C9H7ClO3S/c10-7-1-2-9-8(3-7)6(4-11)5-14(9,12)13/h1-3,5,11H,4H2. The van der Waals surface area contributed by atoms with E-state index < -0.39 is 9.84 Å². The molecule has 1 aliphatic rings. The van der Waals surface area contributed by atoms with Gasteiger partial charge in [-0.1, -0.05) is 11.6 Å². The molecule has 5 heteroatoms. The summed E-state index contributed by atoms with van der Waals surface area (Å²) < 4.78 is 23.0. The molecular formula is C9H7ClO3S. The quantitative estimate of drug-likeness (QED) is 0.795. The van der Waals surface area contributed by atoms with Gasteiger partial charge in [0.1, 0.15) is 0 Å². The van der Waals surface area contributed by atoms with Crippen LogP contribution in [0.25, 0.3) is 5.57 Å². The highest BCUT2D eigenvalue weighted by Crippen LogP contribution is 2.34. The fourth-order valence-corrected chi connectivity index (χ4v) is 3.07. The molecule has 2 rings (SSSR count). The lowest BCUT2D eigenvalue weighted by Gasteiger charge is -2.01. The van der Waals surface area contributed by atoms with Crippen LogP contribution in [-0.4, -0.2) is 20.1 Å². The third-order valence-corrected chi connectivity index (χ3v) is 3.86. The Morgan fingerprint density at radius 2 is 2.07 bits per heavy atom. The molecule has 1 aromatic carbocycles. The predicted octanol–water partition coefficient (Wildman–Crippen LogP) is 1.46. The Labute approximate surface area is 86.6 Å². The molecule has 0 aromatic heterocycles. The second-order valence-electron chi connectivity index (χ2n) is 2.99. The zero-order valence-electron chi connectivity index (χ0n) is 7.07. The zero-order chi connectivity index (χ0) is 10.3. The van der Waals surface area contributed by atoms with Crippen molar-refractivity contribution in [2.24, 2.45) is 0 Å². The Kier molecular flexibility index (Phi) is 2.14. The lowest BCUT2D eigenvalue weighted by molar-refractivity contribution is 0.350. The van der Waals surface area contributed by atoms with Crippen molar-refractivity contribution in [2.45, 2.75) is 4.90 Å². The Bertz CT molecular complexity index is 517. The molecule has 3 nitrogen and oxygen atoms in total. The van der Waals surface area contributed by atoms with Gasteiger partial charge in [-0.2, -0.15) is 0 Å². The Hall–Kier alpha value is -0.840. The number of aliphatic hydroxyl groups excluding tert-OH is 1. The minimum atomic E-state index is -3.36. The van der Waals surface area contributed by atoms with Crippen LogP contribution in [0.5, 0.6) is 0 Å². The summed E-state index contributed by atoms with van der Waals surface area (Å²) in [5.74, 6) is 0. The molecule has 0 amide bonds. The van der Waals surface area contributed by atoms with Gasteiger partial charge in [0, 0.05) is 16.0 Å². The van der Waals surface area contributed by atoms with Gasteiger partial charge in [-0.15, -0.1) is 0 Å². The van der Waals surface area contributed by atoms with Crippen LogP contribution in [0, 0.1) is 0 Å². The summed E-state index contributed by atoms with van der Waals surface area (Å²) in [4.78, 5) is 0.214. The molecule has 1 heterocycles. The molecular weight excluding hydrogens is 224 g/mol. The van der Waals surface area contributed by atoms with E-state index >= 15 is 0 Å². The van der Waals surface area contributed by atoms with Gasteiger partial charge in [0.2, 0.25) is 9.84 Å². The molecule has 0 saturated carbocycles. The lowest BCUT2D eigenvalue weighted by Crippen LogP contribution is -1.92. The molecule has 1 N–H and O–H groups in total. The third-order valence-electron chi connectivity index (χ3n) is 2.06. The SMILES string of the molecule is O=S1(=O)C=C(CO)c2cc(Cl)ccc21. The van der Waals surface area contributed by atoms with Crippen LogP contribution in [0.4, 0.5) is 0 Å². The molecule has 0 atom stereocenters. The van der Waals surface area contributed by atoms with Crippen LogP contribution in [0.2, 0.25) is 5.02 Å². The maximum Gasteiger partial charge on any atom is 0.200 e. The largest absolute Gasteiger partial charge is 0.392 e. The van der Waals surface area contributed by atoms with Crippen molar-refractivity contribution in [3.63, 3.8) is 0 Å².